The van der Waals surface area contributed by atoms with Crippen molar-refractivity contribution >= 4 is 32.8 Å². The van der Waals surface area contributed by atoms with E-state index in [1.54, 1.807) is 18.2 Å². The first-order chi connectivity index (χ1) is 19.2. The van der Waals surface area contributed by atoms with Crippen LogP contribution in [0, 0.1) is 17.7 Å². The first-order valence-corrected chi connectivity index (χ1v) is 15.0. The van der Waals surface area contributed by atoms with Crippen LogP contribution < -0.4 is 4.72 Å². The van der Waals surface area contributed by atoms with Crippen molar-refractivity contribution in [3.8, 4) is 22.5 Å². The smallest absolute Gasteiger partial charge is 0.301 e. The van der Waals surface area contributed by atoms with Gasteiger partial charge < -0.3 is 9.47 Å². The Morgan fingerprint density at radius 3 is 2.48 bits per heavy atom. The van der Waals surface area contributed by atoms with E-state index >= 15 is 0 Å². The number of likely N-dealkylation sites (tertiary alicyclic amines) is 1. The monoisotopic (exact) mass is 561 g/mol. The second-order valence-electron chi connectivity index (χ2n) is 10.9. The van der Waals surface area contributed by atoms with Crippen LogP contribution in [-0.2, 0) is 21.5 Å². The number of imidazole rings is 1. The zero-order chi connectivity index (χ0) is 28.0. The van der Waals surface area contributed by atoms with Crippen LogP contribution in [0.4, 0.5) is 10.1 Å². The lowest BCUT2D eigenvalue weighted by Crippen LogP contribution is -2.30. The maximum Gasteiger partial charge on any atom is 0.301 e. The molecule has 0 spiro atoms. The number of carbonyl (C=O) groups is 1. The van der Waals surface area contributed by atoms with Gasteiger partial charge in [-0.3, -0.25) is 9.52 Å². The Morgan fingerprint density at radius 1 is 1.00 bits per heavy atom. The van der Waals surface area contributed by atoms with Crippen molar-refractivity contribution in [3.05, 3.63) is 72.5 Å². The molecule has 1 atom stereocenters. The van der Waals surface area contributed by atoms with Gasteiger partial charge in [0.25, 0.3) is 0 Å². The average molecular weight is 562 g/mol. The van der Waals surface area contributed by atoms with E-state index in [2.05, 4.69) is 9.29 Å². The van der Waals surface area contributed by atoms with Crippen LogP contribution in [-0.4, -0.2) is 60.3 Å². The largest absolute Gasteiger partial charge is 0.342 e. The van der Waals surface area contributed by atoms with Gasteiger partial charge in [0.2, 0.25) is 5.91 Å². The van der Waals surface area contributed by atoms with Crippen LogP contribution in [0.15, 0.2) is 66.7 Å². The first kappa shape index (κ1) is 26.5. The highest BCUT2D eigenvalue weighted by molar-refractivity contribution is 7.90. The second kappa shape index (κ2) is 10.3. The molecule has 2 aliphatic rings. The topological polar surface area (TPSA) is 87.5 Å². The SMILES string of the molecule is CN(C)S(=O)(=O)Nc1cccc(-c2ccc(-c3nc4ccc(F)cc4n3CC3CCN(C(=O)C4CC4)C3)cc2)c1. The van der Waals surface area contributed by atoms with Crippen LogP contribution in [0.2, 0.25) is 0 Å². The number of hydrogen-bond donors (Lipinski definition) is 1. The molecule has 1 aromatic heterocycles. The summed E-state index contributed by atoms with van der Waals surface area (Å²) in [6.07, 6.45) is 2.92. The number of halogens is 1. The molecule has 0 bridgehead atoms. The van der Waals surface area contributed by atoms with Crippen LogP contribution in [0.5, 0.6) is 0 Å². The number of fused-ring (bicyclic) bond motifs is 1. The standard InChI is InChI=1S/C30H32FN5O3S/c1-34(2)40(38,39)33-26-5-3-4-24(16-26)21-6-8-22(9-7-21)29-32-27-13-12-25(31)17-28(27)36(29)19-20-14-15-35(18-20)30(37)23-10-11-23/h3-9,12-13,16-17,20,23,33H,10-11,14-15,18-19H2,1-2H3. The zero-order valence-corrected chi connectivity index (χ0v) is 23.4. The van der Waals surface area contributed by atoms with Gasteiger partial charge in [-0.1, -0.05) is 36.4 Å². The van der Waals surface area contributed by atoms with E-state index < -0.39 is 10.2 Å². The lowest BCUT2D eigenvalue weighted by atomic mass is 10.0. The van der Waals surface area contributed by atoms with Gasteiger partial charge in [0.1, 0.15) is 11.6 Å². The normalized spacial score (nSPS) is 17.6. The molecule has 4 aromatic rings. The molecular formula is C30H32FN5O3S. The minimum atomic E-state index is -3.61. The van der Waals surface area contributed by atoms with E-state index in [1.165, 1.54) is 26.2 Å². The minimum Gasteiger partial charge on any atom is -0.342 e. The number of benzene rings is 3. The second-order valence-corrected chi connectivity index (χ2v) is 12.8. The van der Waals surface area contributed by atoms with E-state index in [9.17, 15) is 17.6 Å². The van der Waals surface area contributed by atoms with Crippen molar-refractivity contribution < 1.29 is 17.6 Å². The third kappa shape index (κ3) is 5.33. The summed E-state index contributed by atoms with van der Waals surface area (Å²) in [4.78, 5) is 19.4. The van der Waals surface area contributed by atoms with Gasteiger partial charge in [0, 0.05) is 45.2 Å². The molecule has 1 saturated heterocycles. The number of hydrogen-bond acceptors (Lipinski definition) is 4. The summed E-state index contributed by atoms with van der Waals surface area (Å²) < 4.78 is 44.6. The predicted octanol–water partition coefficient (Wildman–Crippen LogP) is 4.99. The van der Waals surface area contributed by atoms with E-state index in [0.29, 0.717) is 12.2 Å². The van der Waals surface area contributed by atoms with Crippen LogP contribution in [0.3, 0.4) is 0 Å². The van der Waals surface area contributed by atoms with Crippen molar-refractivity contribution in [1.29, 1.82) is 0 Å². The number of rotatable bonds is 8. The minimum absolute atomic E-state index is 0.213. The summed E-state index contributed by atoms with van der Waals surface area (Å²) in [5, 5.41) is 0. The number of carbonyl (C=O) groups excluding carboxylic acids is 1. The maximum atomic E-state index is 14.3. The highest BCUT2D eigenvalue weighted by atomic mass is 32.2. The Balaban J connectivity index is 1.28. The third-order valence-corrected chi connectivity index (χ3v) is 9.20. The number of aromatic nitrogens is 2. The molecule has 40 heavy (non-hydrogen) atoms. The number of nitrogens with one attached hydrogen (secondary N) is 1. The van der Waals surface area contributed by atoms with Gasteiger partial charge in [0.05, 0.1) is 16.7 Å². The molecule has 1 aliphatic heterocycles. The Labute approximate surface area is 233 Å². The highest BCUT2D eigenvalue weighted by Gasteiger charge is 2.36. The number of amides is 1. The van der Waals surface area contributed by atoms with Gasteiger partial charge in [-0.2, -0.15) is 12.7 Å². The molecule has 2 heterocycles. The molecule has 0 radical (unpaired) electrons. The van der Waals surface area contributed by atoms with Crippen molar-refractivity contribution in [2.75, 3.05) is 31.9 Å². The van der Waals surface area contributed by atoms with Crippen LogP contribution in [0.1, 0.15) is 19.3 Å². The average Bonchev–Trinajstić information content (AvgIpc) is 3.59. The van der Waals surface area contributed by atoms with Gasteiger partial charge in [-0.15, -0.1) is 0 Å². The fraction of sp³-hybridized carbons (Fsp3) is 0.333. The van der Waals surface area contributed by atoms with Gasteiger partial charge in [-0.25, -0.2) is 9.37 Å². The van der Waals surface area contributed by atoms with Gasteiger partial charge in [0.15, 0.2) is 0 Å². The summed E-state index contributed by atoms with van der Waals surface area (Å²) in [6.45, 7) is 2.14. The fourth-order valence-electron chi connectivity index (χ4n) is 5.34. The van der Waals surface area contributed by atoms with E-state index in [-0.39, 0.29) is 23.6 Å². The first-order valence-electron chi connectivity index (χ1n) is 13.5. The summed E-state index contributed by atoms with van der Waals surface area (Å²) in [7, 11) is -0.659. The summed E-state index contributed by atoms with van der Waals surface area (Å²) in [5.74, 6) is 1.21. The summed E-state index contributed by atoms with van der Waals surface area (Å²) in [5.41, 5.74) is 4.64. The molecule has 1 amide bonds. The molecule has 1 unspecified atom stereocenters. The molecule has 3 aromatic carbocycles. The fourth-order valence-corrected chi connectivity index (χ4v) is 5.95. The van der Waals surface area contributed by atoms with Crippen molar-refractivity contribution in [3.63, 3.8) is 0 Å². The van der Waals surface area contributed by atoms with E-state index in [4.69, 9.17) is 4.98 Å². The lowest BCUT2D eigenvalue weighted by molar-refractivity contribution is -0.131. The molecule has 1 N–H and O–H groups in total. The Morgan fingerprint density at radius 2 is 1.75 bits per heavy atom. The van der Waals surface area contributed by atoms with Crippen molar-refractivity contribution in [2.45, 2.75) is 25.8 Å². The van der Waals surface area contributed by atoms with Crippen molar-refractivity contribution in [1.82, 2.24) is 18.8 Å². The zero-order valence-electron chi connectivity index (χ0n) is 22.5. The number of anilines is 1. The quantitative estimate of drug-likeness (QED) is 0.329. The third-order valence-electron chi connectivity index (χ3n) is 7.74. The summed E-state index contributed by atoms with van der Waals surface area (Å²) in [6, 6.07) is 19.8. The highest BCUT2D eigenvalue weighted by Crippen LogP contribution is 2.34. The van der Waals surface area contributed by atoms with E-state index in [0.717, 1.165) is 70.2 Å². The van der Waals surface area contributed by atoms with E-state index in [1.807, 2.05) is 41.3 Å². The number of nitrogens with zero attached hydrogens (tertiary/aromatic N) is 4. The molecule has 2 fully saturated rings. The molecule has 1 aliphatic carbocycles. The maximum absolute atomic E-state index is 14.3. The molecule has 8 nitrogen and oxygen atoms in total. The predicted molar refractivity (Wildman–Crippen MR) is 154 cm³/mol. The van der Waals surface area contributed by atoms with Crippen LogP contribution in [0.25, 0.3) is 33.5 Å². The molecule has 1 saturated carbocycles. The molecular weight excluding hydrogens is 529 g/mol. The Bertz CT molecular complexity index is 1680. The molecule has 10 heteroatoms. The van der Waals surface area contributed by atoms with Gasteiger partial charge >= 0.3 is 10.2 Å². The van der Waals surface area contributed by atoms with Crippen LogP contribution >= 0.6 is 0 Å². The Kier molecular flexibility index (Phi) is 6.83. The van der Waals surface area contributed by atoms with Gasteiger partial charge in [-0.05, 0) is 66.6 Å². The Hall–Kier alpha value is -3.76. The summed E-state index contributed by atoms with van der Waals surface area (Å²) >= 11 is 0. The van der Waals surface area contributed by atoms with Crippen molar-refractivity contribution in [2.24, 2.45) is 11.8 Å². The lowest BCUT2D eigenvalue weighted by Gasteiger charge is -2.18. The molecule has 208 valence electrons. The molecule has 6 rings (SSSR count).